The van der Waals surface area contributed by atoms with Crippen molar-refractivity contribution in [1.82, 2.24) is 25.4 Å². The van der Waals surface area contributed by atoms with Crippen LogP contribution >= 0.6 is 0 Å². The van der Waals surface area contributed by atoms with Gasteiger partial charge in [0.25, 0.3) is 5.89 Å². The summed E-state index contributed by atoms with van der Waals surface area (Å²) >= 11 is 0. The molecule has 152 valence electrons. The molecule has 1 unspecified atom stereocenters. The highest BCUT2D eigenvalue weighted by Crippen LogP contribution is 2.30. The van der Waals surface area contributed by atoms with E-state index in [4.69, 9.17) is 8.94 Å². The van der Waals surface area contributed by atoms with Crippen molar-refractivity contribution in [1.29, 1.82) is 0 Å². The van der Waals surface area contributed by atoms with Crippen molar-refractivity contribution in [2.45, 2.75) is 40.2 Å². The number of carbonyl (C=O) groups is 1. The van der Waals surface area contributed by atoms with E-state index in [0.29, 0.717) is 36.2 Å². The first kappa shape index (κ1) is 19.1. The number of carbonyl (C=O) groups excluding carboxylic acids is 1. The van der Waals surface area contributed by atoms with E-state index in [1.165, 1.54) is 0 Å². The van der Waals surface area contributed by atoms with Crippen LogP contribution < -0.4 is 10.2 Å². The normalized spacial score (nSPS) is 16.8. The molecule has 9 nitrogen and oxygen atoms in total. The summed E-state index contributed by atoms with van der Waals surface area (Å²) in [4.78, 5) is 28.0. The molecule has 1 amide bonds. The topological polar surface area (TPSA) is 110 Å². The molecule has 9 heteroatoms. The quantitative estimate of drug-likeness (QED) is 0.701. The number of nitrogens with zero attached hydrogens (tertiary/aromatic N) is 5. The largest absolute Gasteiger partial charge is 0.465 e. The minimum absolute atomic E-state index is 0.0183. The van der Waals surface area contributed by atoms with Crippen LogP contribution in [0.4, 0.5) is 5.82 Å². The van der Waals surface area contributed by atoms with Gasteiger partial charge in [0.1, 0.15) is 28.7 Å². The van der Waals surface area contributed by atoms with Gasteiger partial charge in [-0.2, -0.15) is 4.98 Å². The zero-order valence-corrected chi connectivity index (χ0v) is 16.8. The third kappa shape index (κ3) is 4.28. The van der Waals surface area contributed by atoms with Gasteiger partial charge >= 0.3 is 0 Å². The van der Waals surface area contributed by atoms with Crippen LogP contribution in [0.2, 0.25) is 0 Å². The van der Waals surface area contributed by atoms with Crippen molar-refractivity contribution < 1.29 is 13.7 Å². The summed E-state index contributed by atoms with van der Waals surface area (Å²) in [5.41, 5.74) is 0.684. The molecule has 0 bridgehead atoms. The monoisotopic (exact) mass is 396 g/mol. The molecule has 3 aromatic rings. The average Bonchev–Trinajstić information content (AvgIpc) is 3.34. The van der Waals surface area contributed by atoms with Gasteiger partial charge in [0.05, 0.1) is 12.5 Å². The molecule has 29 heavy (non-hydrogen) atoms. The third-order valence-electron chi connectivity index (χ3n) is 4.97. The van der Waals surface area contributed by atoms with Gasteiger partial charge in [-0.3, -0.25) is 4.79 Å². The Bertz CT molecular complexity index is 1010. The number of piperidine rings is 1. The van der Waals surface area contributed by atoms with Crippen molar-refractivity contribution in [3.05, 3.63) is 41.5 Å². The van der Waals surface area contributed by atoms with E-state index >= 15 is 0 Å². The summed E-state index contributed by atoms with van der Waals surface area (Å²) in [5.74, 6) is 3.79. The number of furan rings is 1. The Hall–Kier alpha value is -3.23. The molecule has 0 saturated carbocycles. The van der Waals surface area contributed by atoms with Gasteiger partial charge in [0.15, 0.2) is 5.82 Å². The van der Waals surface area contributed by atoms with Gasteiger partial charge in [-0.15, -0.1) is 0 Å². The van der Waals surface area contributed by atoms with Crippen LogP contribution in [-0.2, 0) is 11.3 Å². The van der Waals surface area contributed by atoms with Crippen LogP contribution in [0.15, 0.2) is 27.3 Å². The van der Waals surface area contributed by atoms with Crippen molar-refractivity contribution >= 4 is 11.7 Å². The summed E-state index contributed by atoms with van der Waals surface area (Å²) in [6, 6.07) is 3.77. The molecule has 0 spiro atoms. The van der Waals surface area contributed by atoms with Crippen LogP contribution in [-0.4, -0.2) is 39.1 Å². The van der Waals surface area contributed by atoms with Gasteiger partial charge in [0, 0.05) is 19.3 Å². The fourth-order valence-electron chi connectivity index (χ4n) is 3.54. The van der Waals surface area contributed by atoms with E-state index in [9.17, 15) is 4.79 Å². The number of nitrogens with one attached hydrogen (secondary N) is 1. The first-order valence-corrected chi connectivity index (χ1v) is 9.72. The van der Waals surface area contributed by atoms with Gasteiger partial charge in [-0.25, -0.2) is 9.97 Å². The number of amides is 1. The first-order valence-electron chi connectivity index (χ1n) is 9.72. The zero-order chi connectivity index (χ0) is 20.4. The van der Waals surface area contributed by atoms with E-state index < -0.39 is 0 Å². The summed E-state index contributed by atoms with van der Waals surface area (Å²) in [5, 5.41) is 6.85. The summed E-state index contributed by atoms with van der Waals surface area (Å²) in [6.45, 7) is 7.26. The van der Waals surface area contributed by atoms with E-state index in [0.717, 1.165) is 36.7 Å². The molecular weight excluding hydrogens is 372 g/mol. The van der Waals surface area contributed by atoms with Crippen molar-refractivity contribution in [2.75, 3.05) is 18.0 Å². The highest BCUT2D eigenvalue weighted by molar-refractivity contribution is 5.80. The van der Waals surface area contributed by atoms with Crippen molar-refractivity contribution in [2.24, 2.45) is 5.92 Å². The predicted molar refractivity (Wildman–Crippen MR) is 105 cm³/mol. The lowest BCUT2D eigenvalue weighted by Gasteiger charge is -2.33. The zero-order valence-electron chi connectivity index (χ0n) is 16.8. The molecule has 1 saturated heterocycles. The molecule has 0 aromatic carbocycles. The number of hydrogen-bond acceptors (Lipinski definition) is 8. The first-order chi connectivity index (χ1) is 14.0. The summed E-state index contributed by atoms with van der Waals surface area (Å²) < 4.78 is 10.9. The molecule has 4 heterocycles. The Morgan fingerprint density at radius 3 is 2.83 bits per heavy atom. The third-order valence-corrected chi connectivity index (χ3v) is 4.97. The maximum atomic E-state index is 12.7. The highest BCUT2D eigenvalue weighted by atomic mass is 16.5. The standard InChI is InChI=1S/C20H24N6O3/c1-12-6-7-16(28-12)9-22-19(27)15-5-4-8-26(11-15)18-17(10-21-13(2)23-18)20-24-14(3)25-29-20/h6-7,10,15H,4-5,8-9,11H2,1-3H3,(H,22,27). The Morgan fingerprint density at radius 2 is 2.10 bits per heavy atom. The lowest BCUT2D eigenvalue weighted by atomic mass is 9.96. The van der Waals surface area contributed by atoms with Gasteiger partial charge in [0.2, 0.25) is 5.91 Å². The van der Waals surface area contributed by atoms with Crippen LogP contribution in [0.25, 0.3) is 11.5 Å². The van der Waals surface area contributed by atoms with Crippen LogP contribution in [0.1, 0.15) is 36.0 Å². The second kappa shape index (κ2) is 8.02. The number of rotatable bonds is 5. The van der Waals surface area contributed by atoms with Gasteiger partial charge in [-0.05, 0) is 45.7 Å². The fourth-order valence-corrected chi connectivity index (χ4v) is 3.54. The smallest absolute Gasteiger partial charge is 0.263 e. The lowest BCUT2D eigenvalue weighted by molar-refractivity contribution is -0.125. The molecule has 1 fully saturated rings. The van der Waals surface area contributed by atoms with Crippen LogP contribution in [0.5, 0.6) is 0 Å². The molecular formula is C20H24N6O3. The summed E-state index contributed by atoms with van der Waals surface area (Å²) in [6.07, 6.45) is 3.43. The Morgan fingerprint density at radius 1 is 1.24 bits per heavy atom. The van der Waals surface area contributed by atoms with Crippen LogP contribution in [0.3, 0.4) is 0 Å². The average molecular weight is 396 g/mol. The number of hydrogen-bond donors (Lipinski definition) is 1. The van der Waals surface area contributed by atoms with Crippen molar-refractivity contribution in [3.8, 4) is 11.5 Å². The minimum Gasteiger partial charge on any atom is -0.465 e. The number of aromatic nitrogens is 4. The molecule has 0 radical (unpaired) electrons. The van der Waals surface area contributed by atoms with E-state index in [-0.39, 0.29) is 11.8 Å². The van der Waals surface area contributed by atoms with Gasteiger partial charge < -0.3 is 19.2 Å². The molecule has 1 aliphatic heterocycles. The number of aryl methyl sites for hydroxylation is 3. The molecule has 1 atom stereocenters. The molecule has 0 aliphatic carbocycles. The lowest BCUT2D eigenvalue weighted by Crippen LogP contribution is -2.43. The van der Waals surface area contributed by atoms with Gasteiger partial charge in [-0.1, -0.05) is 5.16 Å². The number of anilines is 1. The van der Waals surface area contributed by atoms with Crippen LogP contribution in [0, 0.1) is 26.7 Å². The second-order valence-corrected chi connectivity index (χ2v) is 7.32. The maximum absolute atomic E-state index is 12.7. The molecule has 4 rings (SSSR count). The Balaban J connectivity index is 1.49. The maximum Gasteiger partial charge on any atom is 0.263 e. The van der Waals surface area contributed by atoms with E-state index in [1.54, 1.807) is 13.1 Å². The van der Waals surface area contributed by atoms with E-state index in [2.05, 4.69) is 30.3 Å². The fraction of sp³-hybridized carbons (Fsp3) is 0.450. The Kier molecular flexibility index (Phi) is 5.28. The second-order valence-electron chi connectivity index (χ2n) is 7.32. The van der Waals surface area contributed by atoms with Crippen molar-refractivity contribution in [3.63, 3.8) is 0 Å². The molecule has 1 aliphatic rings. The SMILES string of the molecule is Cc1noc(-c2cnc(C)nc2N2CCCC(C(=O)NCc3ccc(C)o3)C2)n1. The summed E-state index contributed by atoms with van der Waals surface area (Å²) in [7, 11) is 0. The highest BCUT2D eigenvalue weighted by Gasteiger charge is 2.29. The molecule has 1 N–H and O–H groups in total. The Labute approximate surface area is 168 Å². The minimum atomic E-state index is -0.132. The molecule has 3 aromatic heterocycles. The predicted octanol–water partition coefficient (Wildman–Crippen LogP) is 2.58. The van der Waals surface area contributed by atoms with E-state index in [1.807, 2.05) is 26.0 Å².